The second-order valence-corrected chi connectivity index (χ2v) is 4.41. The van der Waals surface area contributed by atoms with Gasteiger partial charge in [0.15, 0.2) is 5.69 Å². The van der Waals surface area contributed by atoms with E-state index in [1.54, 1.807) is 13.0 Å². The quantitative estimate of drug-likeness (QED) is 0.640. The third kappa shape index (κ3) is 3.29. The molecule has 114 valence electrons. The van der Waals surface area contributed by atoms with Crippen molar-refractivity contribution in [1.82, 2.24) is 9.97 Å². The van der Waals surface area contributed by atoms with Gasteiger partial charge in [0, 0.05) is 6.92 Å². The van der Waals surface area contributed by atoms with E-state index in [1.807, 2.05) is 0 Å². The molecule has 1 aromatic heterocycles. The summed E-state index contributed by atoms with van der Waals surface area (Å²) >= 11 is 0. The van der Waals surface area contributed by atoms with E-state index in [1.165, 1.54) is 25.4 Å². The number of imidazole rings is 1. The average molecular weight is 303 g/mol. The zero-order valence-electron chi connectivity index (χ0n) is 11.9. The molecular weight excluding hydrogens is 290 g/mol. The molecule has 2 rings (SSSR count). The molecule has 0 bridgehead atoms. The van der Waals surface area contributed by atoms with Gasteiger partial charge in [-0.05, 0) is 24.6 Å². The van der Waals surface area contributed by atoms with E-state index >= 15 is 0 Å². The number of primary amides is 1. The number of aromatic nitrogens is 2. The molecule has 0 saturated carbocycles. The number of esters is 2. The summed E-state index contributed by atoms with van der Waals surface area (Å²) in [5.41, 5.74) is 5.83. The molecule has 22 heavy (non-hydrogen) atoms. The molecule has 0 radical (unpaired) electrons. The molecule has 0 saturated heterocycles. The second-order valence-electron chi connectivity index (χ2n) is 4.41. The van der Waals surface area contributed by atoms with Gasteiger partial charge in [0.2, 0.25) is 0 Å². The Hall–Kier alpha value is -3.16. The summed E-state index contributed by atoms with van der Waals surface area (Å²) < 4.78 is 10.0. The van der Waals surface area contributed by atoms with Crippen molar-refractivity contribution in [2.75, 3.05) is 0 Å². The third-order valence-electron chi connectivity index (χ3n) is 2.72. The first-order valence-electron chi connectivity index (χ1n) is 6.23. The highest BCUT2D eigenvalue weighted by Gasteiger charge is 2.18. The molecule has 3 N–H and O–H groups in total. The predicted octanol–water partition coefficient (Wildman–Crippen LogP) is 0.962. The maximum Gasteiger partial charge on any atom is 0.345 e. The number of carbonyl (C=O) groups excluding carboxylic acids is 3. The van der Waals surface area contributed by atoms with E-state index in [9.17, 15) is 14.4 Å². The van der Waals surface area contributed by atoms with Crippen LogP contribution >= 0.6 is 0 Å². The smallest absolute Gasteiger partial charge is 0.345 e. The highest BCUT2D eigenvalue weighted by Crippen LogP contribution is 2.21. The number of rotatable bonds is 4. The van der Waals surface area contributed by atoms with Gasteiger partial charge in [0.1, 0.15) is 5.75 Å². The van der Waals surface area contributed by atoms with Crippen LogP contribution in [-0.4, -0.2) is 27.8 Å². The number of nitrogens with one attached hydrogen (secondary N) is 1. The van der Waals surface area contributed by atoms with Crippen LogP contribution in [0, 0.1) is 6.92 Å². The lowest BCUT2D eigenvalue weighted by molar-refractivity contribution is -0.131. The molecule has 0 spiro atoms. The summed E-state index contributed by atoms with van der Waals surface area (Å²) in [5.74, 6) is -2.03. The molecule has 0 atom stereocenters. The summed E-state index contributed by atoms with van der Waals surface area (Å²) in [6.07, 6.45) is 1.18. The zero-order chi connectivity index (χ0) is 16.3. The molecule has 1 heterocycles. The van der Waals surface area contributed by atoms with Crippen molar-refractivity contribution in [2.45, 2.75) is 13.8 Å². The molecule has 0 aliphatic carbocycles. The van der Waals surface area contributed by atoms with Crippen molar-refractivity contribution in [2.24, 2.45) is 5.73 Å². The van der Waals surface area contributed by atoms with Gasteiger partial charge in [0.05, 0.1) is 11.9 Å². The van der Waals surface area contributed by atoms with E-state index in [4.69, 9.17) is 15.2 Å². The van der Waals surface area contributed by atoms with Gasteiger partial charge in [-0.15, -0.1) is 0 Å². The van der Waals surface area contributed by atoms with E-state index < -0.39 is 17.8 Å². The highest BCUT2D eigenvalue weighted by molar-refractivity contribution is 5.96. The lowest BCUT2D eigenvalue weighted by Crippen LogP contribution is -2.16. The van der Waals surface area contributed by atoms with Crippen LogP contribution in [0.1, 0.15) is 33.3 Å². The molecule has 1 aromatic carbocycles. The second kappa shape index (κ2) is 6.08. The number of H-pyrrole nitrogens is 1. The number of amides is 1. The van der Waals surface area contributed by atoms with E-state index in [0.29, 0.717) is 5.56 Å². The lowest BCUT2D eigenvalue weighted by Gasteiger charge is -2.08. The molecule has 0 unspecified atom stereocenters. The summed E-state index contributed by atoms with van der Waals surface area (Å²) in [4.78, 5) is 40.4. The van der Waals surface area contributed by atoms with Gasteiger partial charge < -0.3 is 20.2 Å². The maximum atomic E-state index is 12.1. The predicted molar refractivity (Wildman–Crippen MR) is 74.6 cm³/mol. The fourth-order valence-electron chi connectivity index (χ4n) is 1.67. The monoisotopic (exact) mass is 303 g/mol. The van der Waals surface area contributed by atoms with Crippen molar-refractivity contribution in [3.8, 4) is 11.6 Å². The van der Waals surface area contributed by atoms with E-state index in [0.717, 1.165) is 0 Å². The Bertz CT molecular complexity index is 751. The lowest BCUT2D eigenvalue weighted by atomic mass is 10.1. The number of ether oxygens (including phenoxy) is 2. The van der Waals surface area contributed by atoms with Gasteiger partial charge in [-0.3, -0.25) is 9.59 Å². The summed E-state index contributed by atoms with van der Waals surface area (Å²) in [6.45, 7) is 2.99. The minimum absolute atomic E-state index is 0.110. The molecular formula is C14H13N3O5. The van der Waals surface area contributed by atoms with Crippen LogP contribution in [0.15, 0.2) is 24.5 Å². The van der Waals surface area contributed by atoms with Crippen LogP contribution in [0.5, 0.6) is 11.6 Å². The fourth-order valence-corrected chi connectivity index (χ4v) is 1.67. The molecule has 0 aliphatic heterocycles. The van der Waals surface area contributed by atoms with Gasteiger partial charge in [-0.25, -0.2) is 9.78 Å². The van der Waals surface area contributed by atoms with Crippen LogP contribution in [-0.2, 0) is 4.79 Å². The van der Waals surface area contributed by atoms with E-state index in [2.05, 4.69) is 9.97 Å². The number of nitrogens with zero attached hydrogens (tertiary/aromatic N) is 1. The molecule has 1 amide bonds. The number of nitrogens with two attached hydrogens (primary N) is 1. The Morgan fingerprint density at radius 1 is 1.23 bits per heavy atom. The largest absolute Gasteiger partial charge is 0.426 e. The number of aryl methyl sites for hydroxylation is 1. The standard InChI is InChI=1S/C14H13N3O5/c1-7-3-4-9(5-10(7)21-8(2)18)14(20)22-13-11(12(15)19)16-6-17-13/h3-6H,1-2H3,(H2,15,19)(H,16,17). The van der Waals surface area contributed by atoms with Crippen LogP contribution in [0.25, 0.3) is 0 Å². The van der Waals surface area contributed by atoms with Gasteiger partial charge in [0.25, 0.3) is 11.8 Å². The number of benzene rings is 1. The van der Waals surface area contributed by atoms with Gasteiger partial charge in [-0.2, -0.15) is 0 Å². The van der Waals surface area contributed by atoms with Crippen LogP contribution in [0.4, 0.5) is 0 Å². The SMILES string of the molecule is CC(=O)Oc1cc(C(=O)Oc2nc[nH]c2C(N)=O)ccc1C. The van der Waals surface area contributed by atoms with E-state index in [-0.39, 0.29) is 22.9 Å². The zero-order valence-corrected chi connectivity index (χ0v) is 11.9. The molecule has 8 nitrogen and oxygen atoms in total. The van der Waals surface area contributed by atoms with Gasteiger partial charge in [-0.1, -0.05) is 6.07 Å². The molecule has 2 aromatic rings. The van der Waals surface area contributed by atoms with Crippen molar-refractivity contribution in [3.05, 3.63) is 41.3 Å². The number of aromatic amines is 1. The van der Waals surface area contributed by atoms with Crippen molar-refractivity contribution >= 4 is 17.8 Å². The number of hydrogen-bond donors (Lipinski definition) is 2. The fraction of sp³-hybridized carbons (Fsp3) is 0.143. The maximum absolute atomic E-state index is 12.1. The average Bonchev–Trinajstić information content (AvgIpc) is 2.89. The first-order valence-corrected chi connectivity index (χ1v) is 6.23. The van der Waals surface area contributed by atoms with Crippen molar-refractivity contribution in [1.29, 1.82) is 0 Å². The summed E-state index contributed by atoms with van der Waals surface area (Å²) in [5, 5.41) is 0. The van der Waals surface area contributed by atoms with Crippen molar-refractivity contribution in [3.63, 3.8) is 0 Å². The van der Waals surface area contributed by atoms with Crippen LogP contribution in [0.3, 0.4) is 0 Å². The molecule has 0 fully saturated rings. The number of carbonyl (C=O) groups is 3. The Labute approximate surface area is 125 Å². The normalized spacial score (nSPS) is 10.1. The first kappa shape index (κ1) is 15.2. The molecule has 0 aliphatic rings. The van der Waals surface area contributed by atoms with Gasteiger partial charge >= 0.3 is 11.9 Å². The highest BCUT2D eigenvalue weighted by atomic mass is 16.5. The van der Waals surface area contributed by atoms with Crippen LogP contribution < -0.4 is 15.2 Å². The minimum Gasteiger partial charge on any atom is -0.426 e. The van der Waals surface area contributed by atoms with Crippen LogP contribution in [0.2, 0.25) is 0 Å². The Kier molecular flexibility index (Phi) is 4.21. The number of hydrogen-bond acceptors (Lipinski definition) is 6. The molecule has 8 heteroatoms. The third-order valence-corrected chi connectivity index (χ3v) is 2.72. The topological polar surface area (TPSA) is 124 Å². The Morgan fingerprint density at radius 2 is 1.95 bits per heavy atom. The first-order chi connectivity index (χ1) is 10.4. The Morgan fingerprint density at radius 3 is 2.59 bits per heavy atom. The summed E-state index contributed by atoms with van der Waals surface area (Å²) in [6, 6.07) is 4.48. The minimum atomic E-state index is -0.801. The van der Waals surface area contributed by atoms with Crippen molar-refractivity contribution < 1.29 is 23.9 Å². The summed E-state index contributed by atoms with van der Waals surface area (Å²) in [7, 11) is 0. The Balaban J connectivity index is 2.24.